The van der Waals surface area contributed by atoms with Crippen molar-refractivity contribution >= 4 is 16.7 Å². The lowest BCUT2D eigenvalue weighted by Crippen LogP contribution is -2.59. The average molecular weight is 403 g/mol. The number of nitrogens with zero attached hydrogens (tertiary/aromatic N) is 2. The van der Waals surface area contributed by atoms with Crippen LogP contribution in [0.5, 0.6) is 0 Å². The van der Waals surface area contributed by atoms with E-state index < -0.39 is 5.60 Å². The van der Waals surface area contributed by atoms with Crippen molar-refractivity contribution < 1.29 is 9.90 Å². The van der Waals surface area contributed by atoms with Crippen molar-refractivity contribution in [1.82, 2.24) is 15.1 Å². The summed E-state index contributed by atoms with van der Waals surface area (Å²) in [7, 11) is 0. The molecule has 0 bridgehead atoms. The number of carbonyl (C=O) groups excluding carboxylic acids is 1. The summed E-state index contributed by atoms with van der Waals surface area (Å²) >= 11 is 0. The second-order valence-electron chi connectivity index (χ2n) is 8.44. The Balaban J connectivity index is 1.53. The highest BCUT2D eigenvalue weighted by Crippen LogP contribution is 2.47. The number of hydrogen-bond donors (Lipinski definition) is 2. The Kier molecular flexibility index (Phi) is 4.66. The van der Waals surface area contributed by atoms with Crippen molar-refractivity contribution in [2.75, 3.05) is 6.54 Å². The summed E-state index contributed by atoms with van der Waals surface area (Å²) in [5.41, 5.74) is -0.0139. The minimum absolute atomic E-state index is 0.0135. The molecule has 2 N–H and O–H groups in total. The molecule has 3 aromatic rings. The number of nitrogens with one attached hydrogen (secondary N) is 1. The number of aromatic amines is 1. The molecule has 1 aromatic heterocycles. The summed E-state index contributed by atoms with van der Waals surface area (Å²) < 4.78 is 0. The number of carbonyl (C=O) groups is 1. The maximum absolute atomic E-state index is 13.6. The van der Waals surface area contributed by atoms with E-state index in [0.717, 1.165) is 31.2 Å². The van der Waals surface area contributed by atoms with Gasteiger partial charge in [0.25, 0.3) is 11.5 Å². The summed E-state index contributed by atoms with van der Waals surface area (Å²) in [6.45, 7) is 0.459. The Bertz CT molecular complexity index is 1140. The standard InChI is InChI=1S/C24H25N3O3/c28-22-18-11-5-4-10-17(18)21(25-26-22)23(29)27-15-14-24(30,16-8-2-1-3-9-16)19-12-6-7-13-20(19)27/h1-5,8-11,19-20,30H,6-7,12-15H2,(H,26,28)/t19-,20+,24+/m0/s1. The molecule has 5 rings (SSSR count). The Morgan fingerprint density at radius 3 is 2.53 bits per heavy atom. The molecular formula is C24H25N3O3. The molecule has 2 heterocycles. The number of fused-ring (bicyclic) bond motifs is 2. The van der Waals surface area contributed by atoms with E-state index >= 15 is 0 Å². The number of rotatable bonds is 2. The first kappa shape index (κ1) is 19.0. The zero-order valence-corrected chi connectivity index (χ0v) is 16.8. The first-order valence-corrected chi connectivity index (χ1v) is 10.7. The minimum Gasteiger partial charge on any atom is -0.385 e. The van der Waals surface area contributed by atoms with Gasteiger partial charge in [0.1, 0.15) is 0 Å². The fourth-order valence-corrected chi connectivity index (χ4v) is 5.43. The molecule has 2 aliphatic rings. The smallest absolute Gasteiger partial charge is 0.275 e. The maximum Gasteiger partial charge on any atom is 0.275 e. The summed E-state index contributed by atoms with van der Waals surface area (Å²) in [6.07, 6.45) is 4.34. The van der Waals surface area contributed by atoms with Crippen molar-refractivity contribution in [3.63, 3.8) is 0 Å². The lowest BCUT2D eigenvalue weighted by Gasteiger charge is -2.52. The van der Waals surface area contributed by atoms with Crippen LogP contribution >= 0.6 is 0 Å². The van der Waals surface area contributed by atoms with E-state index in [1.54, 1.807) is 18.2 Å². The fourth-order valence-electron chi connectivity index (χ4n) is 5.43. The van der Waals surface area contributed by atoms with E-state index in [1.165, 1.54) is 0 Å². The number of aliphatic hydroxyl groups is 1. The molecule has 1 saturated heterocycles. The van der Waals surface area contributed by atoms with Gasteiger partial charge in [0.05, 0.1) is 11.0 Å². The van der Waals surface area contributed by atoms with Gasteiger partial charge in [0.15, 0.2) is 5.69 Å². The van der Waals surface area contributed by atoms with Gasteiger partial charge in [-0.1, -0.05) is 61.4 Å². The molecule has 3 atom stereocenters. The molecule has 0 unspecified atom stereocenters. The van der Waals surface area contributed by atoms with Crippen molar-refractivity contribution in [3.8, 4) is 0 Å². The summed E-state index contributed by atoms with van der Waals surface area (Å²) in [4.78, 5) is 27.6. The lowest BCUT2D eigenvalue weighted by molar-refractivity contribution is -0.110. The van der Waals surface area contributed by atoms with Gasteiger partial charge in [-0.3, -0.25) is 9.59 Å². The van der Waals surface area contributed by atoms with Crippen molar-refractivity contribution in [3.05, 3.63) is 76.2 Å². The van der Waals surface area contributed by atoms with Crippen molar-refractivity contribution in [2.24, 2.45) is 5.92 Å². The maximum atomic E-state index is 13.6. The number of piperidine rings is 1. The third kappa shape index (κ3) is 2.94. The zero-order chi connectivity index (χ0) is 20.7. The number of likely N-dealkylation sites (tertiary alicyclic amines) is 1. The van der Waals surface area contributed by atoms with Crippen LogP contribution in [-0.4, -0.2) is 38.7 Å². The second kappa shape index (κ2) is 7.36. The molecule has 0 radical (unpaired) electrons. The van der Waals surface area contributed by atoms with Crippen LogP contribution in [0.2, 0.25) is 0 Å². The number of benzene rings is 2. The van der Waals surface area contributed by atoms with Crippen LogP contribution in [-0.2, 0) is 5.60 Å². The molecule has 154 valence electrons. The molecule has 1 aliphatic carbocycles. The molecule has 6 nitrogen and oxygen atoms in total. The Labute approximate surface area is 174 Å². The minimum atomic E-state index is -0.927. The molecule has 2 fully saturated rings. The third-order valence-electron chi connectivity index (χ3n) is 6.91. The van der Waals surface area contributed by atoms with E-state index in [2.05, 4.69) is 10.2 Å². The van der Waals surface area contributed by atoms with Crippen LogP contribution in [0.4, 0.5) is 0 Å². The first-order valence-electron chi connectivity index (χ1n) is 10.7. The van der Waals surface area contributed by atoms with E-state index in [0.29, 0.717) is 23.7 Å². The van der Waals surface area contributed by atoms with E-state index in [9.17, 15) is 14.7 Å². The van der Waals surface area contributed by atoms with Gasteiger partial charge in [-0.05, 0) is 30.9 Å². The molecule has 0 spiro atoms. The largest absolute Gasteiger partial charge is 0.385 e. The monoisotopic (exact) mass is 403 g/mol. The van der Waals surface area contributed by atoms with Crippen LogP contribution in [0.1, 0.15) is 48.2 Å². The van der Waals surface area contributed by atoms with Crippen LogP contribution < -0.4 is 5.56 Å². The number of hydrogen-bond acceptors (Lipinski definition) is 4. The molecule has 1 saturated carbocycles. The summed E-state index contributed by atoms with van der Waals surface area (Å²) in [5.74, 6) is -0.185. The third-order valence-corrected chi connectivity index (χ3v) is 6.91. The van der Waals surface area contributed by atoms with Gasteiger partial charge in [-0.15, -0.1) is 0 Å². The lowest BCUT2D eigenvalue weighted by atomic mass is 9.66. The molecule has 6 heteroatoms. The van der Waals surface area contributed by atoms with Gasteiger partial charge < -0.3 is 10.0 Å². The van der Waals surface area contributed by atoms with Gasteiger partial charge in [0.2, 0.25) is 0 Å². The molecule has 1 amide bonds. The summed E-state index contributed by atoms with van der Waals surface area (Å²) in [6, 6.07) is 16.9. The Hall–Kier alpha value is -2.99. The predicted molar refractivity (Wildman–Crippen MR) is 114 cm³/mol. The van der Waals surface area contributed by atoms with Crippen LogP contribution in [0.25, 0.3) is 10.8 Å². The number of H-pyrrole nitrogens is 1. The average Bonchev–Trinajstić information content (AvgIpc) is 2.80. The van der Waals surface area contributed by atoms with Gasteiger partial charge in [0, 0.05) is 23.9 Å². The normalized spacial score (nSPS) is 26.4. The first-order chi connectivity index (χ1) is 14.6. The quantitative estimate of drug-likeness (QED) is 0.688. The molecule has 30 heavy (non-hydrogen) atoms. The zero-order valence-electron chi connectivity index (χ0n) is 16.8. The van der Waals surface area contributed by atoms with Crippen LogP contribution in [0.3, 0.4) is 0 Å². The Morgan fingerprint density at radius 2 is 1.73 bits per heavy atom. The molecule has 2 aromatic carbocycles. The van der Waals surface area contributed by atoms with Crippen molar-refractivity contribution in [1.29, 1.82) is 0 Å². The van der Waals surface area contributed by atoms with Gasteiger partial charge in [-0.25, -0.2) is 5.10 Å². The van der Waals surface area contributed by atoms with Gasteiger partial charge >= 0.3 is 0 Å². The van der Waals surface area contributed by atoms with Crippen molar-refractivity contribution in [2.45, 2.75) is 43.7 Å². The SMILES string of the molecule is O=C(c1n[nH]c(=O)c2ccccc12)N1CC[C@@](O)(c2ccccc2)[C@H]2CCCC[C@H]21. The number of amides is 1. The fraction of sp³-hybridized carbons (Fsp3) is 0.375. The molecule has 1 aliphatic heterocycles. The van der Waals surface area contributed by atoms with E-state index in [1.807, 2.05) is 41.3 Å². The molecular weight excluding hydrogens is 378 g/mol. The highest BCUT2D eigenvalue weighted by atomic mass is 16.3. The Morgan fingerprint density at radius 1 is 1.03 bits per heavy atom. The predicted octanol–water partition coefficient (Wildman–Crippen LogP) is 3.22. The van der Waals surface area contributed by atoms with Crippen LogP contribution in [0, 0.1) is 5.92 Å². The summed E-state index contributed by atoms with van der Waals surface area (Å²) in [5, 5.41) is 19.4. The van der Waals surface area contributed by atoms with Crippen LogP contribution in [0.15, 0.2) is 59.4 Å². The highest BCUT2D eigenvalue weighted by Gasteiger charge is 2.50. The van der Waals surface area contributed by atoms with Gasteiger partial charge in [-0.2, -0.15) is 5.10 Å². The van der Waals surface area contributed by atoms with E-state index in [-0.39, 0.29) is 29.1 Å². The number of aromatic nitrogens is 2. The highest BCUT2D eigenvalue weighted by molar-refractivity contribution is 6.04. The second-order valence-corrected chi connectivity index (χ2v) is 8.44. The topological polar surface area (TPSA) is 86.3 Å². The van der Waals surface area contributed by atoms with E-state index in [4.69, 9.17) is 0 Å².